The number of amides is 1. The lowest BCUT2D eigenvalue weighted by Crippen LogP contribution is -2.18. The molecule has 0 aliphatic carbocycles. The number of benzene rings is 3. The summed E-state index contributed by atoms with van der Waals surface area (Å²) >= 11 is 0. The van der Waals surface area contributed by atoms with Crippen LogP contribution < -0.4 is 15.4 Å². The van der Waals surface area contributed by atoms with Crippen molar-refractivity contribution in [1.82, 2.24) is 5.32 Å². The van der Waals surface area contributed by atoms with Gasteiger partial charge in [0.2, 0.25) is 5.91 Å². The Balaban J connectivity index is 1.70. The van der Waals surface area contributed by atoms with Crippen molar-refractivity contribution >= 4 is 11.6 Å². The minimum atomic E-state index is -0.0679. The summed E-state index contributed by atoms with van der Waals surface area (Å²) in [6.07, 6.45) is 0. The van der Waals surface area contributed by atoms with Crippen molar-refractivity contribution in [3.63, 3.8) is 0 Å². The van der Waals surface area contributed by atoms with Crippen LogP contribution in [-0.4, -0.2) is 13.0 Å². The summed E-state index contributed by atoms with van der Waals surface area (Å²) in [5.74, 6) is 0.800. The molecule has 144 valence electrons. The highest BCUT2D eigenvalue weighted by atomic mass is 16.5. The molecule has 0 aromatic heterocycles. The average Bonchev–Trinajstić information content (AvgIpc) is 2.72. The number of hydrogen-bond acceptors (Lipinski definition) is 3. The van der Waals surface area contributed by atoms with Crippen LogP contribution in [0.15, 0.2) is 72.8 Å². The molecular weight excluding hydrogens is 348 g/mol. The molecule has 0 spiro atoms. The first-order valence-electron chi connectivity index (χ1n) is 9.39. The van der Waals surface area contributed by atoms with Gasteiger partial charge >= 0.3 is 0 Å². The number of hydrogen-bond donors (Lipinski definition) is 2. The molecule has 3 rings (SSSR count). The van der Waals surface area contributed by atoms with Gasteiger partial charge in [-0.3, -0.25) is 4.79 Å². The fraction of sp³-hybridized carbons (Fsp3) is 0.208. The van der Waals surface area contributed by atoms with Crippen LogP contribution in [0.25, 0.3) is 11.1 Å². The Morgan fingerprint density at radius 2 is 1.68 bits per heavy atom. The summed E-state index contributed by atoms with van der Waals surface area (Å²) in [4.78, 5) is 11.3. The molecule has 3 aromatic rings. The summed E-state index contributed by atoms with van der Waals surface area (Å²) < 4.78 is 5.31. The first-order chi connectivity index (χ1) is 13.5. The molecule has 0 aliphatic rings. The molecule has 0 heterocycles. The second-order valence-corrected chi connectivity index (χ2v) is 6.84. The molecule has 2 N–H and O–H groups in total. The minimum absolute atomic E-state index is 0.0679. The molecule has 4 nitrogen and oxygen atoms in total. The predicted octanol–water partition coefficient (Wildman–Crippen LogP) is 5.17. The number of carbonyl (C=O) groups excluding carboxylic acids is 1. The summed E-state index contributed by atoms with van der Waals surface area (Å²) in [6.45, 7) is 4.43. The van der Waals surface area contributed by atoms with Crippen LogP contribution in [-0.2, 0) is 11.3 Å². The standard InChI is InChI=1S/C24H26N2O2/c1-17(20-8-6-12-24(15-20)28-3)25-16-19-7-4-9-21(13-19)22-10-5-11-23(14-22)26-18(2)27/h4-15,17,25H,16H2,1-3H3,(H,26,27)/t17-/m1/s1. The van der Waals surface area contributed by atoms with Crippen molar-refractivity contribution in [3.05, 3.63) is 83.9 Å². The number of methoxy groups -OCH3 is 1. The lowest BCUT2D eigenvalue weighted by Gasteiger charge is -2.16. The van der Waals surface area contributed by atoms with Crippen molar-refractivity contribution in [3.8, 4) is 16.9 Å². The first-order valence-corrected chi connectivity index (χ1v) is 9.39. The molecule has 0 saturated heterocycles. The van der Waals surface area contributed by atoms with Gasteiger partial charge in [0.15, 0.2) is 0 Å². The summed E-state index contributed by atoms with van der Waals surface area (Å²) in [7, 11) is 1.68. The van der Waals surface area contributed by atoms with Gasteiger partial charge < -0.3 is 15.4 Å². The van der Waals surface area contributed by atoms with Gasteiger partial charge in [-0.1, -0.05) is 42.5 Å². The van der Waals surface area contributed by atoms with Gasteiger partial charge in [-0.05, 0) is 59.5 Å². The molecule has 0 fully saturated rings. The molecule has 0 aliphatic heterocycles. The third-order valence-electron chi connectivity index (χ3n) is 4.65. The summed E-state index contributed by atoms with van der Waals surface area (Å²) in [5, 5.41) is 6.41. The number of rotatable bonds is 7. The molecule has 4 heteroatoms. The van der Waals surface area contributed by atoms with Crippen LogP contribution in [0.4, 0.5) is 5.69 Å². The molecule has 0 bridgehead atoms. The first kappa shape index (κ1) is 19.6. The van der Waals surface area contributed by atoms with E-state index in [4.69, 9.17) is 4.74 Å². The van der Waals surface area contributed by atoms with Crippen LogP contribution in [0.5, 0.6) is 5.75 Å². The molecule has 1 atom stereocenters. The van der Waals surface area contributed by atoms with Crippen LogP contribution in [0.3, 0.4) is 0 Å². The van der Waals surface area contributed by atoms with Gasteiger partial charge in [-0.25, -0.2) is 0 Å². The summed E-state index contributed by atoms with van der Waals surface area (Å²) in [6, 6.07) is 24.7. The van der Waals surface area contributed by atoms with Crippen molar-refractivity contribution in [2.45, 2.75) is 26.4 Å². The van der Waals surface area contributed by atoms with Crippen molar-refractivity contribution in [2.75, 3.05) is 12.4 Å². The monoisotopic (exact) mass is 374 g/mol. The Kier molecular flexibility index (Phi) is 6.45. The lowest BCUT2D eigenvalue weighted by molar-refractivity contribution is -0.114. The van der Waals surface area contributed by atoms with Crippen LogP contribution >= 0.6 is 0 Å². The van der Waals surface area contributed by atoms with Crippen molar-refractivity contribution in [1.29, 1.82) is 0 Å². The van der Waals surface area contributed by atoms with E-state index in [9.17, 15) is 4.79 Å². The summed E-state index contributed by atoms with van der Waals surface area (Å²) in [5.41, 5.74) is 5.41. The van der Waals surface area contributed by atoms with E-state index in [-0.39, 0.29) is 11.9 Å². The lowest BCUT2D eigenvalue weighted by atomic mass is 10.0. The number of nitrogens with one attached hydrogen (secondary N) is 2. The maximum absolute atomic E-state index is 11.3. The Hall–Kier alpha value is -3.11. The second kappa shape index (κ2) is 9.20. The highest BCUT2D eigenvalue weighted by Gasteiger charge is 2.07. The predicted molar refractivity (Wildman–Crippen MR) is 114 cm³/mol. The Labute approximate surface area is 166 Å². The SMILES string of the molecule is COc1cccc([C@@H](C)NCc2cccc(-c3cccc(NC(C)=O)c3)c2)c1. The van der Waals surface area contributed by atoms with Gasteiger partial charge in [0.05, 0.1) is 7.11 Å². The van der Waals surface area contributed by atoms with E-state index in [1.165, 1.54) is 18.1 Å². The minimum Gasteiger partial charge on any atom is -0.497 e. The van der Waals surface area contributed by atoms with Crippen molar-refractivity contribution < 1.29 is 9.53 Å². The normalized spacial score (nSPS) is 11.7. The second-order valence-electron chi connectivity index (χ2n) is 6.84. The maximum atomic E-state index is 11.3. The van der Waals surface area contributed by atoms with Crippen LogP contribution in [0, 0.1) is 0 Å². The fourth-order valence-electron chi connectivity index (χ4n) is 3.14. The van der Waals surface area contributed by atoms with E-state index in [1.54, 1.807) is 7.11 Å². The van der Waals surface area contributed by atoms with Gasteiger partial charge in [0, 0.05) is 25.2 Å². The fourth-order valence-corrected chi connectivity index (χ4v) is 3.14. The smallest absolute Gasteiger partial charge is 0.221 e. The molecule has 3 aromatic carbocycles. The highest BCUT2D eigenvalue weighted by molar-refractivity contribution is 5.89. The van der Waals surface area contributed by atoms with Gasteiger partial charge in [-0.15, -0.1) is 0 Å². The Bertz CT molecular complexity index is 953. The quantitative estimate of drug-likeness (QED) is 0.600. The highest BCUT2D eigenvalue weighted by Crippen LogP contribution is 2.24. The Morgan fingerprint density at radius 3 is 2.43 bits per heavy atom. The van der Waals surface area contributed by atoms with Crippen LogP contribution in [0.1, 0.15) is 31.0 Å². The van der Waals surface area contributed by atoms with E-state index in [2.05, 4.69) is 60.0 Å². The molecule has 0 saturated carbocycles. The molecule has 28 heavy (non-hydrogen) atoms. The van der Waals surface area contributed by atoms with E-state index < -0.39 is 0 Å². The zero-order valence-corrected chi connectivity index (χ0v) is 16.5. The molecule has 1 amide bonds. The number of carbonyl (C=O) groups is 1. The van der Waals surface area contributed by atoms with Gasteiger partial charge in [0.25, 0.3) is 0 Å². The van der Waals surface area contributed by atoms with E-state index in [0.717, 1.165) is 29.1 Å². The zero-order valence-electron chi connectivity index (χ0n) is 16.5. The van der Waals surface area contributed by atoms with Gasteiger partial charge in [0.1, 0.15) is 5.75 Å². The average molecular weight is 374 g/mol. The van der Waals surface area contributed by atoms with Crippen LogP contribution in [0.2, 0.25) is 0 Å². The largest absolute Gasteiger partial charge is 0.497 e. The molecular formula is C24H26N2O2. The molecule has 0 radical (unpaired) electrons. The zero-order chi connectivity index (χ0) is 19.9. The number of anilines is 1. The third-order valence-corrected chi connectivity index (χ3v) is 4.65. The maximum Gasteiger partial charge on any atom is 0.221 e. The Morgan fingerprint density at radius 1 is 0.964 bits per heavy atom. The van der Waals surface area contributed by atoms with E-state index in [1.807, 2.05) is 30.3 Å². The molecule has 0 unspecified atom stereocenters. The van der Waals surface area contributed by atoms with Gasteiger partial charge in [-0.2, -0.15) is 0 Å². The third kappa shape index (κ3) is 5.21. The van der Waals surface area contributed by atoms with Crippen molar-refractivity contribution in [2.24, 2.45) is 0 Å². The number of ether oxygens (including phenoxy) is 1. The van der Waals surface area contributed by atoms with E-state index in [0.29, 0.717) is 0 Å². The topological polar surface area (TPSA) is 50.4 Å². The van der Waals surface area contributed by atoms with E-state index >= 15 is 0 Å².